The van der Waals surface area contributed by atoms with Crippen LogP contribution in [0.15, 0.2) is 49.2 Å². The summed E-state index contributed by atoms with van der Waals surface area (Å²) in [5, 5.41) is 0. The first-order valence-corrected chi connectivity index (χ1v) is 5.52. The van der Waals surface area contributed by atoms with Gasteiger partial charge >= 0.3 is 0 Å². The fraction of sp³-hybridized carbons (Fsp3) is 0.133. The highest BCUT2D eigenvalue weighted by molar-refractivity contribution is 5.72. The van der Waals surface area contributed by atoms with Crippen LogP contribution in [-0.4, -0.2) is 4.98 Å². The highest BCUT2D eigenvalue weighted by Gasteiger charge is 2.03. The van der Waals surface area contributed by atoms with E-state index in [1.807, 2.05) is 24.4 Å². The molecule has 0 saturated heterocycles. The molecule has 0 N–H and O–H groups in total. The lowest BCUT2D eigenvalue weighted by atomic mass is 10.0. The van der Waals surface area contributed by atoms with Crippen molar-refractivity contribution >= 4 is 6.08 Å². The van der Waals surface area contributed by atoms with E-state index in [2.05, 4.69) is 42.8 Å². The van der Waals surface area contributed by atoms with E-state index in [1.165, 1.54) is 5.56 Å². The Kier molecular flexibility index (Phi) is 3.16. The van der Waals surface area contributed by atoms with Crippen molar-refractivity contribution in [1.29, 1.82) is 0 Å². The summed E-state index contributed by atoms with van der Waals surface area (Å²) in [6, 6.07) is 12.4. The molecule has 0 aliphatic rings. The Morgan fingerprint density at radius 3 is 2.81 bits per heavy atom. The lowest BCUT2D eigenvalue weighted by Gasteiger charge is -2.06. The van der Waals surface area contributed by atoms with Crippen LogP contribution < -0.4 is 0 Å². The summed E-state index contributed by atoms with van der Waals surface area (Å²) in [4.78, 5) is 4.42. The molecule has 2 aromatic rings. The van der Waals surface area contributed by atoms with Crippen molar-refractivity contribution in [2.24, 2.45) is 0 Å². The van der Waals surface area contributed by atoms with Gasteiger partial charge in [0.05, 0.1) is 5.69 Å². The van der Waals surface area contributed by atoms with Gasteiger partial charge in [-0.15, -0.1) is 0 Å². The minimum atomic E-state index is 1.02. The molecule has 0 unspecified atom stereocenters. The molecule has 0 amide bonds. The average molecular weight is 209 g/mol. The first-order chi connectivity index (χ1) is 7.85. The van der Waals surface area contributed by atoms with Crippen LogP contribution in [-0.2, 0) is 6.42 Å². The van der Waals surface area contributed by atoms with E-state index >= 15 is 0 Å². The van der Waals surface area contributed by atoms with E-state index in [-0.39, 0.29) is 0 Å². The second-order valence-corrected chi connectivity index (χ2v) is 3.69. The number of pyridine rings is 1. The molecular weight excluding hydrogens is 194 g/mol. The quantitative estimate of drug-likeness (QED) is 0.745. The minimum absolute atomic E-state index is 1.02. The molecule has 1 nitrogen and oxygen atoms in total. The second kappa shape index (κ2) is 4.75. The van der Waals surface area contributed by atoms with Crippen LogP contribution in [0.2, 0.25) is 0 Å². The number of rotatable bonds is 3. The number of aromatic nitrogens is 1. The molecule has 0 radical (unpaired) electrons. The molecule has 0 aliphatic carbocycles. The van der Waals surface area contributed by atoms with Crippen LogP contribution >= 0.6 is 0 Å². The molecule has 1 aromatic heterocycles. The Bertz CT molecular complexity index is 500. The molecule has 16 heavy (non-hydrogen) atoms. The summed E-state index contributed by atoms with van der Waals surface area (Å²) >= 11 is 0. The van der Waals surface area contributed by atoms with E-state index in [1.54, 1.807) is 0 Å². The number of benzene rings is 1. The first-order valence-electron chi connectivity index (χ1n) is 5.52. The van der Waals surface area contributed by atoms with Crippen molar-refractivity contribution in [3.63, 3.8) is 0 Å². The van der Waals surface area contributed by atoms with Gasteiger partial charge in [-0.3, -0.25) is 4.98 Å². The zero-order valence-electron chi connectivity index (χ0n) is 9.48. The fourth-order valence-corrected chi connectivity index (χ4v) is 1.75. The molecule has 1 aromatic carbocycles. The van der Waals surface area contributed by atoms with E-state index in [0.717, 1.165) is 23.2 Å². The van der Waals surface area contributed by atoms with E-state index in [0.29, 0.717) is 0 Å². The second-order valence-electron chi connectivity index (χ2n) is 3.69. The predicted molar refractivity (Wildman–Crippen MR) is 69.1 cm³/mol. The molecule has 0 spiro atoms. The minimum Gasteiger partial charge on any atom is -0.256 e. The van der Waals surface area contributed by atoms with Crippen molar-refractivity contribution in [1.82, 2.24) is 4.98 Å². The number of nitrogens with zero attached hydrogens (tertiary/aromatic N) is 1. The summed E-state index contributed by atoms with van der Waals surface area (Å²) in [5.74, 6) is 0. The molecule has 1 heteroatoms. The largest absolute Gasteiger partial charge is 0.256 e. The van der Waals surface area contributed by atoms with Gasteiger partial charge in [0.15, 0.2) is 0 Å². The van der Waals surface area contributed by atoms with Crippen molar-refractivity contribution in [2.45, 2.75) is 13.3 Å². The van der Waals surface area contributed by atoms with E-state index < -0.39 is 0 Å². The maximum Gasteiger partial charge on any atom is 0.0710 e. The number of hydrogen-bond acceptors (Lipinski definition) is 1. The van der Waals surface area contributed by atoms with Crippen molar-refractivity contribution in [2.75, 3.05) is 0 Å². The van der Waals surface area contributed by atoms with Crippen LogP contribution in [0.3, 0.4) is 0 Å². The molecule has 1 heterocycles. The lowest BCUT2D eigenvalue weighted by Crippen LogP contribution is -1.89. The highest BCUT2D eigenvalue weighted by Crippen LogP contribution is 2.23. The maximum atomic E-state index is 4.42. The fourth-order valence-electron chi connectivity index (χ4n) is 1.75. The molecule has 0 bridgehead atoms. The van der Waals surface area contributed by atoms with Gasteiger partial charge in [-0.05, 0) is 29.7 Å². The Labute approximate surface area is 96.5 Å². The average Bonchev–Trinajstić information content (AvgIpc) is 2.38. The Hall–Kier alpha value is -1.89. The van der Waals surface area contributed by atoms with Gasteiger partial charge < -0.3 is 0 Å². The Morgan fingerprint density at radius 1 is 1.25 bits per heavy atom. The summed E-state index contributed by atoms with van der Waals surface area (Å²) < 4.78 is 0. The summed E-state index contributed by atoms with van der Waals surface area (Å²) in [6.07, 6.45) is 4.77. The van der Waals surface area contributed by atoms with Crippen molar-refractivity contribution in [3.05, 3.63) is 60.3 Å². The van der Waals surface area contributed by atoms with Crippen LogP contribution in [0.25, 0.3) is 17.3 Å². The van der Waals surface area contributed by atoms with Gasteiger partial charge in [0.1, 0.15) is 0 Å². The predicted octanol–water partition coefficient (Wildman–Crippen LogP) is 3.95. The topological polar surface area (TPSA) is 12.9 Å². The summed E-state index contributed by atoms with van der Waals surface area (Å²) in [5.41, 5.74) is 4.61. The molecule has 0 atom stereocenters. The van der Waals surface area contributed by atoms with Crippen LogP contribution in [0, 0.1) is 0 Å². The smallest absolute Gasteiger partial charge is 0.0710 e. The third-order valence-electron chi connectivity index (χ3n) is 2.69. The Balaban J connectivity index is 2.53. The third-order valence-corrected chi connectivity index (χ3v) is 2.69. The standard InChI is InChI=1S/C15H15N/c1-3-12-9-10-16-15(11-12)14-8-6-5-7-13(14)4-2/h4-11H,2-3H2,1H3. The monoisotopic (exact) mass is 209 g/mol. The van der Waals surface area contributed by atoms with Gasteiger partial charge in [-0.25, -0.2) is 0 Å². The molecule has 80 valence electrons. The molecule has 2 rings (SSSR count). The zero-order valence-corrected chi connectivity index (χ0v) is 9.48. The van der Waals surface area contributed by atoms with E-state index in [4.69, 9.17) is 0 Å². The first kappa shape index (κ1) is 10.6. The molecule has 0 fully saturated rings. The van der Waals surface area contributed by atoms with Crippen molar-refractivity contribution in [3.8, 4) is 11.3 Å². The highest BCUT2D eigenvalue weighted by atomic mass is 14.7. The lowest BCUT2D eigenvalue weighted by molar-refractivity contribution is 1.12. The van der Waals surface area contributed by atoms with Crippen LogP contribution in [0.5, 0.6) is 0 Å². The maximum absolute atomic E-state index is 4.42. The molecule has 0 aliphatic heterocycles. The zero-order chi connectivity index (χ0) is 11.4. The van der Waals surface area contributed by atoms with Gasteiger partial charge in [0.2, 0.25) is 0 Å². The summed E-state index contributed by atoms with van der Waals surface area (Å²) in [7, 11) is 0. The van der Waals surface area contributed by atoms with Gasteiger partial charge in [0, 0.05) is 11.8 Å². The van der Waals surface area contributed by atoms with Gasteiger partial charge in [-0.2, -0.15) is 0 Å². The number of aryl methyl sites for hydroxylation is 1. The van der Waals surface area contributed by atoms with E-state index in [9.17, 15) is 0 Å². The van der Waals surface area contributed by atoms with Gasteiger partial charge in [-0.1, -0.05) is 43.8 Å². The molecular formula is C15H15N. The SMILES string of the molecule is C=Cc1ccccc1-c1cc(CC)ccn1. The van der Waals surface area contributed by atoms with Crippen molar-refractivity contribution < 1.29 is 0 Å². The normalized spacial score (nSPS) is 10.1. The molecule has 0 saturated carbocycles. The van der Waals surface area contributed by atoms with Crippen LogP contribution in [0.4, 0.5) is 0 Å². The summed E-state index contributed by atoms with van der Waals surface area (Å²) in [6.45, 7) is 5.98. The number of hydrogen-bond donors (Lipinski definition) is 0. The van der Waals surface area contributed by atoms with Crippen LogP contribution in [0.1, 0.15) is 18.1 Å². The van der Waals surface area contributed by atoms with Gasteiger partial charge in [0.25, 0.3) is 0 Å². The Morgan fingerprint density at radius 2 is 2.06 bits per heavy atom. The third kappa shape index (κ3) is 2.03.